The van der Waals surface area contributed by atoms with Gasteiger partial charge < -0.3 is 10.1 Å². The van der Waals surface area contributed by atoms with Crippen LogP contribution in [0.2, 0.25) is 0 Å². The Morgan fingerprint density at radius 3 is 2.84 bits per heavy atom. The summed E-state index contributed by atoms with van der Waals surface area (Å²) in [7, 11) is 1.60. The highest BCUT2D eigenvalue weighted by Crippen LogP contribution is 2.24. The normalized spacial score (nSPS) is 12.7. The smallest absolute Gasteiger partial charge is 0.193 e. The molecular weight excluding hydrogens is 238 g/mol. The van der Waals surface area contributed by atoms with Crippen LogP contribution in [0.3, 0.4) is 0 Å². The van der Waals surface area contributed by atoms with Gasteiger partial charge in [-0.05, 0) is 42.3 Å². The molecule has 0 saturated carbocycles. The summed E-state index contributed by atoms with van der Waals surface area (Å²) in [6, 6.07) is 13.1. The van der Waals surface area contributed by atoms with Crippen molar-refractivity contribution in [3.63, 3.8) is 0 Å². The average Bonchev–Trinajstić information content (AvgIpc) is 2.94. The average molecular weight is 253 g/mol. The molecule has 0 spiro atoms. The van der Waals surface area contributed by atoms with Gasteiger partial charge in [0.25, 0.3) is 0 Å². The fourth-order valence-electron chi connectivity index (χ4n) is 2.38. The maximum Gasteiger partial charge on any atom is 0.193 e. The van der Waals surface area contributed by atoms with Gasteiger partial charge in [-0.25, -0.2) is 0 Å². The Balaban J connectivity index is 1.95. The van der Waals surface area contributed by atoms with Crippen LogP contribution in [0.25, 0.3) is 0 Å². The van der Waals surface area contributed by atoms with Gasteiger partial charge in [0.15, 0.2) is 5.78 Å². The number of anilines is 1. The third-order valence-electron chi connectivity index (χ3n) is 3.41. The number of rotatable bonds is 3. The minimum atomic E-state index is 0.0357. The first-order valence-corrected chi connectivity index (χ1v) is 6.33. The predicted molar refractivity (Wildman–Crippen MR) is 75.1 cm³/mol. The number of fused-ring (bicyclic) bond motifs is 1. The second-order valence-electron chi connectivity index (χ2n) is 4.61. The third-order valence-corrected chi connectivity index (χ3v) is 3.41. The number of carbonyl (C=O) groups excluding carboxylic acids is 1. The molecule has 0 aromatic heterocycles. The Hall–Kier alpha value is -2.29. The zero-order chi connectivity index (χ0) is 13.2. The quantitative estimate of drug-likeness (QED) is 0.855. The molecule has 1 heterocycles. The van der Waals surface area contributed by atoms with E-state index in [9.17, 15) is 4.79 Å². The molecule has 2 aromatic rings. The van der Waals surface area contributed by atoms with Gasteiger partial charge in [0, 0.05) is 23.4 Å². The fourth-order valence-corrected chi connectivity index (χ4v) is 2.38. The number of methoxy groups -OCH3 is 1. The Morgan fingerprint density at radius 2 is 2.00 bits per heavy atom. The summed E-state index contributed by atoms with van der Waals surface area (Å²) in [5.41, 5.74) is 3.75. The van der Waals surface area contributed by atoms with E-state index in [1.807, 2.05) is 36.4 Å². The molecule has 0 fully saturated rings. The first kappa shape index (κ1) is 11.8. The van der Waals surface area contributed by atoms with Crippen LogP contribution in [-0.2, 0) is 6.42 Å². The first-order chi connectivity index (χ1) is 9.28. The van der Waals surface area contributed by atoms with Crippen LogP contribution in [0.1, 0.15) is 21.5 Å². The molecule has 1 aliphatic heterocycles. The number of ether oxygens (including phenoxy) is 1. The molecule has 0 saturated heterocycles. The van der Waals surface area contributed by atoms with Gasteiger partial charge in [-0.2, -0.15) is 0 Å². The minimum Gasteiger partial charge on any atom is -0.497 e. The molecule has 3 nitrogen and oxygen atoms in total. The van der Waals surface area contributed by atoms with E-state index in [4.69, 9.17) is 4.74 Å². The van der Waals surface area contributed by atoms with Gasteiger partial charge in [-0.15, -0.1) is 0 Å². The van der Waals surface area contributed by atoms with Crippen LogP contribution in [-0.4, -0.2) is 19.4 Å². The fraction of sp³-hybridized carbons (Fsp3) is 0.188. The minimum absolute atomic E-state index is 0.0357. The molecule has 3 rings (SSSR count). The Bertz CT molecular complexity index is 634. The predicted octanol–water partition coefficient (Wildman–Crippen LogP) is 2.89. The molecule has 0 amide bonds. The summed E-state index contributed by atoms with van der Waals surface area (Å²) in [5, 5.41) is 3.29. The van der Waals surface area contributed by atoms with Crippen molar-refractivity contribution in [2.24, 2.45) is 0 Å². The lowest BCUT2D eigenvalue weighted by Crippen LogP contribution is -2.02. The lowest BCUT2D eigenvalue weighted by Gasteiger charge is -2.06. The SMILES string of the molecule is COc1cccc(C(=O)c2ccc3c(c2)CCN3)c1. The van der Waals surface area contributed by atoms with Crippen molar-refractivity contribution >= 4 is 11.5 Å². The van der Waals surface area contributed by atoms with Crippen molar-refractivity contribution in [1.82, 2.24) is 0 Å². The Kier molecular flexibility index (Phi) is 2.95. The van der Waals surface area contributed by atoms with Crippen molar-refractivity contribution in [3.8, 4) is 5.75 Å². The molecule has 0 unspecified atom stereocenters. The van der Waals surface area contributed by atoms with Crippen molar-refractivity contribution in [2.75, 3.05) is 19.0 Å². The second kappa shape index (κ2) is 4.76. The third kappa shape index (κ3) is 2.19. The van der Waals surface area contributed by atoms with Crippen LogP contribution < -0.4 is 10.1 Å². The number of hydrogen-bond donors (Lipinski definition) is 1. The van der Waals surface area contributed by atoms with Gasteiger partial charge >= 0.3 is 0 Å². The Labute approximate surface area is 112 Å². The Morgan fingerprint density at radius 1 is 1.16 bits per heavy atom. The zero-order valence-corrected chi connectivity index (χ0v) is 10.8. The monoisotopic (exact) mass is 253 g/mol. The van der Waals surface area contributed by atoms with Crippen LogP contribution >= 0.6 is 0 Å². The van der Waals surface area contributed by atoms with Crippen LogP contribution in [0.15, 0.2) is 42.5 Å². The highest BCUT2D eigenvalue weighted by atomic mass is 16.5. The summed E-state index contributed by atoms with van der Waals surface area (Å²) < 4.78 is 5.15. The van der Waals surface area contributed by atoms with E-state index in [-0.39, 0.29) is 5.78 Å². The molecule has 1 N–H and O–H groups in total. The lowest BCUT2D eigenvalue weighted by atomic mass is 10.00. The summed E-state index contributed by atoms with van der Waals surface area (Å²) >= 11 is 0. The van der Waals surface area contributed by atoms with E-state index in [0.29, 0.717) is 11.3 Å². The molecule has 0 atom stereocenters. The number of hydrogen-bond acceptors (Lipinski definition) is 3. The van der Waals surface area contributed by atoms with E-state index < -0.39 is 0 Å². The number of benzene rings is 2. The van der Waals surface area contributed by atoms with Crippen molar-refractivity contribution in [2.45, 2.75) is 6.42 Å². The molecule has 0 radical (unpaired) electrons. The standard InChI is InChI=1S/C16H15NO2/c1-19-14-4-2-3-12(10-14)16(18)13-5-6-15-11(9-13)7-8-17-15/h2-6,9-10,17H,7-8H2,1H3. The van der Waals surface area contributed by atoms with Gasteiger partial charge in [0.05, 0.1) is 7.11 Å². The topological polar surface area (TPSA) is 38.3 Å². The van der Waals surface area contributed by atoms with Crippen molar-refractivity contribution in [3.05, 3.63) is 59.2 Å². The highest BCUT2D eigenvalue weighted by Gasteiger charge is 2.15. The largest absolute Gasteiger partial charge is 0.497 e. The number of ketones is 1. The van der Waals surface area contributed by atoms with Gasteiger partial charge in [0.2, 0.25) is 0 Å². The molecular formula is C16H15NO2. The molecule has 0 aliphatic carbocycles. The van der Waals surface area contributed by atoms with Gasteiger partial charge in [-0.3, -0.25) is 4.79 Å². The van der Waals surface area contributed by atoms with E-state index in [2.05, 4.69) is 5.32 Å². The highest BCUT2D eigenvalue weighted by molar-refractivity contribution is 6.09. The second-order valence-corrected chi connectivity index (χ2v) is 4.61. The maximum atomic E-state index is 12.4. The molecule has 3 heteroatoms. The maximum absolute atomic E-state index is 12.4. The first-order valence-electron chi connectivity index (χ1n) is 6.33. The van der Waals surface area contributed by atoms with E-state index in [1.54, 1.807) is 13.2 Å². The molecule has 0 bridgehead atoms. The van der Waals surface area contributed by atoms with E-state index >= 15 is 0 Å². The van der Waals surface area contributed by atoms with E-state index in [1.165, 1.54) is 5.56 Å². The number of nitrogens with one attached hydrogen (secondary N) is 1. The summed E-state index contributed by atoms with van der Waals surface area (Å²) in [5.74, 6) is 0.738. The lowest BCUT2D eigenvalue weighted by molar-refractivity contribution is 0.103. The molecule has 2 aromatic carbocycles. The summed E-state index contributed by atoms with van der Waals surface area (Å²) in [4.78, 5) is 12.4. The van der Waals surface area contributed by atoms with Gasteiger partial charge in [-0.1, -0.05) is 12.1 Å². The summed E-state index contributed by atoms with van der Waals surface area (Å²) in [6.45, 7) is 0.951. The molecule has 96 valence electrons. The number of carbonyl (C=O) groups is 1. The van der Waals surface area contributed by atoms with Crippen molar-refractivity contribution in [1.29, 1.82) is 0 Å². The van der Waals surface area contributed by atoms with Gasteiger partial charge in [0.1, 0.15) is 5.75 Å². The summed E-state index contributed by atoms with van der Waals surface area (Å²) in [6.07, 6.45) is 0.981. The van der Waals surface area contributed by atoms with Crippen LogP contribution in [0.4, 0.5) is 5.69 Å². The van der Waals surface area contributed by atoms with Crippen molar-refractivity contribution < 1.29 is 9.53 Å². The van der Waals surface area contributed by atoms with E-state index in [0.717, 1.165) is 24.2 Å². The molecule has 19 heavy (non-hydrogen) atoms. The van der Waals surface area contributed by atoms with Crippen LogP contribution in [0.5, 0.6) is 5.75 Å². The van der Waals surface area contributed by atoms with Crippen LogP contribution in [0, 0.1) is 0 Å². The molecule has 1 aliphatic rings. The zero-order valence-electron chi connectivity index (χ0n) is 10.8.